The fourth-order valence-electron chi connectivity index (χ4n) is 5.16. The lowest BCUT2D eigenvalue weighted by atomic mass is 9.49. The number of rotatable bonds is 6. The van der Waals surface area contributed by atoms with E-state index in [1.54, 1.807) is 5.57 Å². The van der Waals surface area contributed by atoms with Crippen molar-refractivity contribution >= 4 is 0 Å². The van der Waals surface area contributed by atoms with Crippen molar-refractivity contribution in [1.29, 1.82) is 0 Å². The summed E-state index contributed by atoms with van der Waals surface area (Å²) in [6.45, 7) is 9.64. The highest BCUT2D eigenvalue weighted by Gasteiger charge is 2.51. The van der Waals surface area contributed by atoms with E-state index in [2.05, 4.69) is 35.1 Å². The molecule has 0 unspecified atom stereocenters. The molecule has 1 aliphatic heterocycles. The summed E-state index contributed by atoms with van der Waals surface area (Å²) in [5.41, 5.74) is 3.16. The van der Waals surface area contributed by atoms with E-state index in [0.717, 1.165) is 24.1 Å². The van der Waals surface area contributed by atoms with Crippen molar-refractivity contribution in [2.75, 3.05) is 26.2 Å². The maximum absolute atomic E-state index is 8.98. The Labute approximate surface area is 151 Å². The van der Waals surface area contributed by atoms with Crippen molar-refractivity contribution in [2.24, 2.45) is 23.2 Å². The van der Waals surface area contributed by atoms with Gasteiger partial charge in [-0.25, -0.2) is 0 Å². The third kappa shape index (κ3) is 3.41. The maximum Gasteiger partial charge on any atom is 0.0849 e. The van der Waals surface area contributed by atoms with E-state index in [-0.39, 0.29) is 6.61 Å². The Kier molecular flexibility index (Phi) is 4.71. The lowest BCUT2D eigenvalue weighted by Crippen LogP contribution is -2.50. The number of hydrogen-bond acceptors (Lipinski definition) is 4. The summed E-state index contributed by atoms with van der Waals surface area (Å²) in [6, 6.07) is 0. The van der Waals surface area contributed by atoms with Crippen LogP contribution in [0.3, 0.4) is 0 Å². The van der Waals surface area contributed by atoms with Crippen LogP contribution in [-0.2, 0) is 13.0 Å². The monoisotopic (exact) mass is 344 g/mol. The van der Waals surface area contributed by atoms with Crippen molar-refractivity contribution in [3.8, 4) is 0 Å². The Morgan fingerprint density at radius 3 is 2.76 bits per heavy atom. The smallest absolute Gasteiger partial charge is 0.0849 e. The standard InChI is InChI=1S/C20H32N4O/c1-20(2)17-4-3-16(19(20)11-17)13-23-8-5-15(6-9-23)12-24-14-18(7-10-25)21-22-24/h3,14-15,17,19,25H,4-13H2,1-2H3/t17-,19-/m0/s1. The van der Waals surface area contributed by atoms with Crippen molar-refractivity contribution in [1.82, 2.24) is 19.9 Å². The van der Waals surface area contributed by atoms with E-state index in [4.69, 9.17) is 5.11 Å². The molecule has 1 saturated carbocycles. The molecule has 0 radical (unpaired) electrons. The van der Waals surface area contributed by atoms with E-state index >= 15 is 0 Å². The number of likely N-dealkylation sites (tertiary alicyclic amines) is 1. The molecule has 1 aromatic heterocycles. The average molecular weight is 345 g/mol. The molecule has 1 saturated heterocycles. The van der Waals surface area contributed by atoms with Gasteiger partial charge in [0, 0.05) is 32.3 Å². The van der Waals surface area contributed by atoms with Gasteiger partial charge in [-0.05, 0) is 61.9 Å². The normalized spacial score (nSPS) is 29.3. The number of fused-ring (bicyclic) bond motifs is 1. The van der Waals surface area contributed by atoms with E-state index in [0.29, 0.717) is 17.8 Å². The van der Waals surface area contributed by atoms with Crippen LogP contribution in [0.1, 0.15) is 45.2 Å². The summed E-state index contributed by atoms with van der Waals surface area (Å²) in [7, 11) is 0. The first-order chi connectivity index (χ1) is 12.1. The van der Waals surface area contributed by atoms with Gasteiger partial charge in [-0.3, -0.25) is 9.58 Å². The first kappa shape index (κ1) is 17.2. The first-order valence-corrected chi connectivity index (χ1v) is 9.97. The molecular formula is C20H32N4O. The highest BCUT2D eigenvalue weighted by molar-refractivity contribution is 5.24. The molecule has 5 heteroatoms. The molecule has 0 aromatic carbocycles. The Morgan fingerprint density at radius 2 is 2.08 bits per heavy atom. The van der Waals surface area contributed by atoms with Crippen LogP contribution < -0.4 is 0 Å². The highest BCUT2D eigenvalue weighted by Crippen LogP contribution is 2.59. The van der Waals surface area contributed by atoms with Crippen LogP contribution in [0.15, 0.2) is 17.8 Å². The van der Waals surface area contributed by atoms with Crippen LogP contribution in [-0.4, -0.2) is 51.2 Å². The zero-order chi connectivity index (χ0) is 17.4. The van der Waals surface area contributed by atoms with Crippen molar-refractivity contribution in [2.45, 2.75) is 52.5 Å². The quantitative estimate of drug-likeness (QED) is 0.806. The maximum atomic E-state index is 8.98. The second-order valence-corrected chi connectivity index (χ2v) is 8.95. The van der Waals surface area contributed by atoms with E-state index in [1.165, 1.54) is 45.3 Å². The number of nitrogens with zero attached hydrogens (tertiary/aromatic N) is 4. The molecule has 2 fully saturated rings. The van der Waals surface area contributed by atoms with Crippen molar-refractivity contribution in [3.63, 3.8) is 0 Å². The molecule has 2 bridgehead atoms. The molecule has 25 heavy (non-hydrogen) atoms. The van der Waals surface area contributed by atoms with Crippen LogP contribution in [0.2, 0.25) is 0 Å². The average Bonchev–Trinajstić information content (AvgIpc) is 3.04. The summed E-state index contributed by atoms with van der Waals surface area (Å²) in [5.74, 6) is 2.47. The van der Waals surface area contributed by atoms with Crippen molar-refractivity contribution < 1.29 is 5.11 Å². The topological polar surface area (TPSA) is 54.2 Å². The molecule has 0 amide bonds. The van der Waals surface area contributed by atoms with Crippen molar-refractivity contribution in [3.05, 3.63) is 23.5 Å². The second kappa shape index (κ2) is 6.84. The van der Waals surface area contributed by atoms with Gasteiger partial charge in [-0.15, -0.1) is 5.10 Å². The molecule has 4 aliphatic rings. The van der Waals surface area contributed by atoms with Gasteiger partial charge < -0.3 is 5.11 Å². The number of aromatic nitrogens is 3. The molecule has 1 aromatic rings. The van der Waals surface area contributed by atoms with Crippen LogP contribution in [0.25, 0.3) is 0 Å². The summed E-state index contributed by atoms with van der Waals surface area (Å²) < 4.78 is 1.96. The molecule has 1 N–H and O–H groups in total. The van der Waals surface area contributed by atoms with Crippen LogP contribution >= 0.6 is 0 Å². The minimum atomic E-state index is 0.144. The summed E-state index contributed by atoms with van der Waals surface area (Å²) in [4.78, 5) is 2.66. The van der Waals surface area contributed by atoms with Gasteiger partial charge in [-0.2, -0.15) is 0 Å². The molecule has 5 nitrogen and oxygen atoms in total. The number of allylic oxidation sites excluding steroid dienone is 1. The minimum Gasteiger partial charge on any atom is -0.396 e. The summed E-state index contributed by atoms with van der Waals surface area (Å²) in [5, 5.41) is 17.3. The van der Waals surface area contributed by atoms with Gasteiger partial charge >= 0.3 is 0 Å². The molecule has 138 valence electrons. The fraction of sp³-hybridized carbons (Fsp3) is 0.800. The summed E-state index contributed by atoms with van der Waals surface area (Å²) in [6.07, 6.45) is 10.4. The lowest BCUT2D eigenvalue weighted by molar-refractivity contribution is -0.0116. The Hall–Kier alpha value is -1.20. The molecule has 2 heterocycles. The SMILES string of the molecule is CC1(C)[C@H]2CC=C(CN3CCC(Cn4cc(CCO)nn4)CC3)[C@@H]1C2. The van der Waals surface area contributed by atoms with Gasteiger partial charge in [0.05, 0.1) is 5.69 Å². The largest absolute Gasteiger partial charge is 0.396 e. The molecular weight excluding hydrogens is 312 g/mol. The zero-order valence-electron chi connectivity index (χ0n) is 15.7. The number of hydrogen-bond donors (Lipinski definition) is 1. The molecule has 2 atom stereocenters. The van der Waals surface area contributed by atoms with Gasteiger partial charge in [0.25, 0.3) is 0 Å². The van der Waals surface area contributed by atoms with Gasteiger partial charge in [0.1, 0.15) is 0 Å². The van der Waals surface area contributed by atoms with Crippen LogP contribution in [0.5, 0.6) is 0 Å². The first-order valence-electron chi connectivity index (χ1n) is 9.97. The zero-order valence-corrected chi connectivity index (χ0v) is 15.7. The Bertz CT molecular complexity index is 627. The molecule has 3 aliphatic carbocycles. The second-order valence-electron chi connectivity index (χ2n) is 8.95. The van der Waals surface area contributed by atoms with Gasteiger partial charge in [-0.1, -0.05) is 30.7 Å². The Balaban J connectivity index is 1.25. The third-order valence-electron chi connectivity index (χ3n) is 7.10. The molecule has 0 spiro atoms. The van der Waals surface area contributed by atoms with Gasteiger partial charge in [0.2, 0.25) is 0 Å². The predicted molar refractivity (Wildman–Crippen MR) is 98.1 cm³/mol. The molecule has 5 rings (SSSR count). The Morgan fingerprint density at radius 1 is 1.28 bits per heavy atom. The lowest BCUT2D eigenvalue weighted by Gasteiger charge is -2.57. The summed E-state index contributed by atoms with van der Waals surface area (Å²) >= 11 is 0. The van der Waals surface area contributed by atoms with Crippen LogP contribution in [0, 0.1) is 23.2 Å². The highest BCUT2D eigenvalue weighted by atomic mass is 16.3. The number of aliphatic hydroxyl groups is 1. The number of aliphatic hydroxyl groups excluding tert-OH is 1. The van der Waals surface area contributed by atoms with E-state index in [1.807, 2.05) is 10.9 Å². The van der Waals surface area contributed by atoms with E-state index < -0.39 is 0 Å². The predicted octanol–water partition coefficient (Wildman–Crippen LogP) is 2.52. The van der Waals surface area contributed by atoms with Gasteiger partial charge in [0.15, 0.2) is 0 Å². The minimum absolute atomic E-state index is 0.144. The number of piperidine rings is 1. The third-order valence-corrected chi connectivity index (χ3v) is 7.10. The van der Waals surface area contributed by atoms with Crippen LogP contribution in [0.4, 0.5) is 0 Å². The van der Waals surface area contributed by atoms with E-state index in [9.17, 15) is 0 Å². The fourth-order valence-corrected chi connectivity index (χ4v) is 5.16.